The topological polar surface area (TPSA) is 51.4 Å². The number of nitrogens with zero attached hydrogens (tertiary/aromatic N) is 3. The number of para-hydroxylation sites is 1. The molecular weight excluding hydrogens is 278 g/mol. The van der Waals surface area contributed by atoms with E-state index in [1.54, 1.807) is 13.4 Å². The summed E-state index contributed by atoms with van der Waals surface area (Å²) in [5, 5.41) is 1.04. The molecule has 3 aromatic rings. The molecular formula is C17H19N3O2. The molecule has 22 heavy (non-hydrogen) atoms. The molecule has 1 saturated heterocycles. The number of fused-ring (bicyclic) bond motifs is 3. The highest BCUT2D eigenvalue weighted by Crippen LogP contribution is 2.33. The maximum Gasteiger partial charge on any atom is 0.196 e. The molecule has 1 fully saturated rings. The van der Waals surface area contributed by atoms with Crippen molar-refractivity contribution < 1.29 is 9.15 Å². The zero-order chi connectivity index (χ0) is 15.1. The van der Waals surface area contributed by atoms with Crippen molar-refractivity contribution in [1.29, 1.82) is 0 Å². The van der Waals surface area contributed by atoms with Gasteiger partial charge in [-0.3, -0.25) is 0 Å². The van der Waals surface area contributed by atoms with Gasteiger partial charge in [-0.25, -0.2) is 9.97 Å². The Labute approximate surface area is 128 Å². The van der Waals surface area contributed by atoms with Crippen LogP contribution in [-0.2, 0) is 4.74 Å². The van der Waals surface area contributed by atoms with Crippen LogP contribution < -0.4 is 4.90 Å². The highest BCUT2D eigenvalue weighted by Gasteiger charge is 2.28. The summed E-state index contributed by atoms with van der Waals surface area (Å²) in [6.45, 7) is 4.03. The molecule has 1 aliphatic rings. The lowest BCUT2D eigenvalue weighted by Crippen LogP contribution is -2.44. The van der Waals surface area contributed by atoms with Gasteiger partial charge in [-0.15, -0.1) is 0 Å². The quantitative estimate of drug-likeness (QED) is 0.727. The number of rotatable bonds is 2. The predicted molar refractivity (Wildman–Crippen MR) is 86.1 cm³/mol. The number of hydrogen-bond donors (Lipinski definition) is 0. The molecule has 0 aliphatic carbocycles. The van der Waals surface area contributed by atoms with Crippen molar-refractivity contribution in [2.24, 2.45) is 5.92 Å². The summed E-state index contributed by atoms with van der Waals surface area (Å²) in [5.74, 6) is 1.43. The Morgan fingerprint density at radius 1 is 1.27 bits per heavy atom. The van der Waals surface area contributed by atoms with Gasteiger partial charge in [0.1, 0.15) is 17.4 Å². The first-order valence-corrected chi connectivity index (χ1v) is 7.68. The third kappa shape index (κ3) is 2.04. The smallest absolute Gasteiger partial charge is 0.196 e. The van der Waals surface area contributed by atoms with Gasteiger partial charge < -0.3 is 14.1 Å². The third-order valence-electron chi connectivity index (χ3n) is 4.63. The standard InChI is InChI=1S/C17H19N3O2/c1-11-7-8-20(9-14(11)21-2)17-16-15(18-10-19-17)12-5-3-4-6-13(12)22-16/h3-6,10-11,14H,7-9H2,1-2H3. The Morgan fingerprint density at radius 2 is 2.14 bits per heavy atom. The van der Waals surface area contributed by atoms with Crippen molar-refractivity contribution in [3.05, 3.63) is 30.6 Å². The van der Waals surface area contributed by atoms with Crippen molar-refractivity contribution >= 4 is 27.9 Å². The van der Waals surface area contributed by atoms with Crippen LogP contribution in [0.4, 0.5) is 5.82 Å². The van der Waals surface area contributed by atoms with Crippen molar-refractivity contribution in [3.63, 3.8) is 0 Å². The molecule has 0 saturated carbocycles. The van der Waals surface area contributed by atoms with E-state index in [0.717, 1.165) is 47.4 Å². The van der Waals surface area contributed by atoms with Crippen LogP contribution in [-0.4, -0.2) is 36.3 Å². The molecule has 2 atom stereocenters. The average molecular weight is 297 g/mol. The fraction of sp³-hybridized carbons (Fsp3) is 0.412. The zero-order valence-electron chi connectivity index (χ0n) is 12.8. The number of hydrogen-bond acceptors (Lipinski definition) is 5. The molecule has 0 radical (unpaired) electrons. The minimum atomic E-state index is 0.225. The maximum absolute atomic E-state index is 6.03. The number of anilines is 1. The molecule has 5 nitrogen and oxygen atoms in total. The number of aromatic nitrogens is 2. The summed E-state index contributed by atoms with van der Waals surface area (Å²) in [6, 6.07) is 7.98. The number of methoxy groups -OCH3 is 1. The first kappa shape index (κ1) is 13.5. The van der Waals surface area contributed by atoms with Gasteiger partial charge in [0.2, 0.25) is 0 Å². The van der Waals surface area contributed by atoms with E-state index in [0.29, 0.717) is 5.92 Å². The molecule has 1 aliphatic heterocycles. The largest absolute Gasteiger partial charge is 0.450 e. The second-order valence-electron chi connectivity index (χ2n) is 5.96. The summed E-state index contributed by atoms with van der Waals surface area (Å²) >= 11 is 0. The van der Waals surface area contributed by atoms with E-state index in [1.165, 1.54) is 0 Å². The number of piperidine rings is 1. The van der Waals surface area contributed by atoms with Crippen LogP contribution in [0.15, 0.2) is 35.0 Å². The minimum absolute atomic E-state index is 0.225. The summed E-state index contributed by atoms with van der Waals surface area (Å²) in [7, 11) is 1.78. The fourth-order valence-electron chi connectivity index (χ4n) is 3.27. The molecule has 0 N–H and O–H groups in total. The van der Waals surface area contributed by atoms with Crippen LogP contribution in [0.2, 0.25) is 0 Å². The Kier molecular flexibility index (Phi) is 3.22. The van der Waals surface area contributed by atoms with Gasteiger partial charge in [-0.05, 0) is 24.5 Å². The Morgan fingerprint density at radius 3 is 3.00 bits per heavy atom. The van der Waals surface area contributed by atoms with E-state index in [4.69, 9.17) is 9.15 Å². The van der Waals surface area contributed by atoms with Crippen molar-refractivity contribution in [3.8, 4) is 0 Å². The van der Waals surface area contributed by atoms with E-state index in [-0.39, 0.29) is 6.10 Å². The molecule has 5 heteroatoms. The lowest BCUT2D eigenvalue weighted by Gasteiger charge is -2.36. The molecule has 114 valence electrons. The summed E-state index contributed by atoms with van der Waals surface area (Å²) in [5.41, 5.74) is 2.51. The molecule has 2 aromatic heterocycles. The van der Waals surface area contributed by atoms with Crippen molar-refractivity contribution in [2.75, 3.05) is 25.1 Å². The van der Waals surface area contributed by atoms with Crippen LogP contribution in [0.25, 0.3) is 22.1 Å². The Bertz CT molecular complexity index is 814. The Hall–Kier alpha value is -2.14. The number of furan rings is 1. The van der Waals surface area contributed by atoms with E-state index >= 15 is 0 Å². The van der Waals surface area contributed by atoms with Crippen LogP contribution in [0.1, 0.15) is 13.3 Å². The molecule has 3 heterocycles. The second-order valence-corrected chi connectivity index (χ2v) is 5.96. The summed E-state index contributed by atoms with van der Waals surface area (Å²) in [6.07, 6.45) is 2.94. The number of benzene rings is 1. The van der Waals surface area contributed by atoms with Gasteiger partial charge in [0, 0.05) is 25.6 Å². The van der Waals surface area contributed by atoms with Crippen molar-refractivity contribution in [2.45, 2.75) is 19.4 Å². The van der Waals surface area contributed by atoms with Gasteiger partial charge in [0.15, 0.2) is 11.4 Å². The van der Waals surface area contributed by atoms with Gasteiger partial charge in [0.05, 0.1) is 6.10 Å². The van der Waals surface area contributed by atoms with Crippen LogP contribution in [0.5, 0.6) is 0 Å². The second kappa shape index (κ2) is 5.25. The maximum atomic E-state index is 6.03. The lowest BCUT2D eigenvalue weighted by molar-refractivity contribution is 0.0497. The highest BCUT2D eigenvalue weighted by atomic mass is 16.5. The average Bonchev–Trinajstić information content (AvgIpc) is 2.94. The molecule has 1 aromatic carbocycles. The predicted octanol–water partition coefficient (Wildman–Crippen LogP) is 3.24. The summed E-state index contributed by atoms with van der Waals surface area (Å²) in [4.78, 5) is 11.2. The van der Waals surface area contributed by atoms with Gasteiger partial charge in [-0.2, -0.15) is 0 Å². The fourth-order valence-corrected chi connectivity index (χ4v) is 3.27. The van der Waals surface area contributed by atoms with Crippen molar-refractivity contribution in [1.82, 2.24) is 9.97 Å². The monoisotopic (exact) mass is 297 g/mol. The van der Waals surface area contributed by atoms with E-state index in [2.05, 4.69) is 21.8 Å². The van der Waals surface area contributed by atoms with Gasteiger partial charge in [0.25, 0.3) is 0 Å². The first-order chi connectivity index (χ1) is 10.8. The van der Waals surface area contributed by atoms with E-state index in [1.807, 2.05) is 24.3 Å². The first-order valence-electron chi connectivity index (χ1n) is 7.68. The van der Waals surface area contributed by atoms with E-state index in [9.17, 15) is 0 Å². The SMILES string of the molecule is COC1CN(c2ncnc3c2oc2ccccc23)CCC1C. The van der Waals surface area contributed by atoms with Crippen LogP contribution in [0.3, 0.4) is 0 Å². The molecule has 2 unspecified atom stereocenters. The van der Waals surface area contributed by atoms with Crippen LogP contribution in [0, 0.1) is 5.92 Å². The molecule has 0 spiro atoms. The summed E-state index contributed by atoms with van der Waals surface area (Å²) < 4.78 is 11.6. The highest BCUT2D eigenvalue weighted by molar-refractivity contribution is 6.05. The zero-order valence-corrected chi connectivity index (χ0v) is 12.8. The number of ether oxygens (including phenoxy) is 1. The van der Waals surface area contributed by atoms with Gasteiger partial charge >= 0.3 is 0 Å². The van der Waals surface area contributed by atoms with E-state index < -0.39 is 0 Å². The Balaban J connectivity index is 1.81. The van der Waals surface area contributed by atoms with Gasteiger partial charge in [-0.1, -0.05) is 19.1 Å². The minimum Gasteiger partial charge on any atom is -0.450 e. The van der Waals surface area contributed by atoms with Crippen LogP contribution >= 0.6 is 0 Å². The molecule has 4 rings (SSSR count). The molecule has 0 bridgehead atoms. The third-order valence-corrected chi connectivity index (χ3v) is 4.63. The molecule has 0 amide bonds. The normalized spacial score (nSPS) is 22.5. The lowest BCUT2D eigenvalue weighted by atomic mass is 9.96.